The monoisotopic (exact) mass is 278 g/mol. The van der Waals surface area contributed by atoms with Gasteiger partial charge in [-0.1, -0.05) is 32.4 Å². The van der Waals surface area contributed by atoms with E-state index in [-0.39, 0.29) is 23.7 Å². The van der Waals surface area contributed by atoms with Crippen LogP contribution in [0.1, 0.15) is 38.3 Å². The first kappa shape index (κ1) is 15.0. The maximum Gasteiger partial charge on any atom is 0.226 e. The molecular weight excluding hydrogens is 255 g/mol. The molecule has 3 nitrogen and oxygen atoms in total. The van der Waals surface area contributed by atoms with Crippen molar-refractivity contribution in [1.29, 1.82) is 0 Å². The zero-order chi connectivity index (χ0) is 14.5. The molecule has 0 bridgehead atoms. The van der Waals surface area contributed by atoms with E-state index in [1.165, 1.54) is 12.1 Å². The van der Waals surface area contributed by atoms with Crippen molar-refractivity contribution in [3.05, 3.63) is 35.6 Å². The van der Waals surface area contributed by atoms with Gasteiger partial charge >= 0.3 is 0 Å². The Bertz CT molecular complexity index is 464. The standard InChI is InChI=1S/C16H23FN2O/c1-3-5-12(2)16(20)19-9-8-18-11-15(19)13-6-4-7-14(17)10-13/h4,6-7,10,12,15,18H,3,5,8-9,11H2,1-2H3. The maximum absolute atomic E-state index is 13.4. The molecule has 1 aromatic carbocycles. The molecule has 1 amide bonds. The van der Waals surface area contributed by atoms with E-state index in [9.17, 15) is 9.18 Å². The van der Waals surface area contributed by atoms with Gasteiger partial charge in [0.15, 0.2) is 0 Å². The Balaban J connectivity index is 2.19. The van der Waals surface area contributed by atoms with Crippen LogP contribution < -0.4 is 5.32 Å². The van der Waals surface area contributed by atoms with Gasteiger partial charge in [0.05, 0.1) is 6.04 Å². The Morgan fingerprint density at radius 3 is 3.05 bits per heavy atom. The van der Waals surface area contributed by atoms with Gasteiger partial charge in [-0.2, -0.15) is 0 Å². The molecule has 1 saturated heterocycles. The molecule has 1 fully saturated rings. The third kappa shape index (κ3) is 3.37. The van der Waals surface area contributed by atoms with Crippen LogP contribution in [0, 0.1) is 11.7 Å². The molecule has 0 spiro atoms. The zero-order valence-corrected chi connectivity index (χ0v) is 12.2. The number of carbonyl (C=O) groups is 1. The molecule has 2 unspecified atom stereocenters. The second kappa shape index (κ2) is 6.84. The van der Waals surface area contributed by atoms with Crippen molar-refractivity contribution in [3.63, 3.8) is 0 Å². The molecule has 0 saturated carbocycles. The van der Waals surface area contributed by atoms with E-state index in [4.69, 9.17) is 0 Å². The Morgan fingerprint density at radius 2 is 2.35 bits per heavy atom. The van der Waals surface area contributed by atoms with Crippen LogP contribution in [0.3, 0.4) is 0 Å². The highest BCUT2D eigenvalue weighted by atomic mass is 19.1. The minimum atomic E-state index is -0.248. The van der Waals surface area contributed by atoms with Crippen LogP contribution >= 0.6 is 0 Å². The summed E-state index contributed by atoms with van der Waals surface area (Å²) in [7, 11) is 0. The molecule has 0 aliphatic carbocycles. The third-order valence-electron chi connectivity index (χ3n) is 3.90. The summed E-state index contributed by atoms with van der Waals surface area (Å²) in [6.07, 6.45) is 1.91. The predicted molar refractivity (Wildman–Crippen MR) is 77.8 cm³/mol. The van der Waals surface area contributed by atoms with Crippen molar-refractivity contribution in [2.75, 3.05) is 19.6 Å². The quantitative estimate of drug-likeness (QED) is 0.918. The summed E-state index contributed by atoms with van der Waals surface area (Å²) in [6.45, 7) is 6.25. The zero-order valence-electron chi connectivity index (χ0n) is 12.2. The van der Waals surface area contributed by atoms with Crippen LogP contribution in [0.15, 0.2) is 24.3 Å². The number of nitrogens with one attached hydrogen (secondary N) is 1. The molecule has 0 radical (unpaired) electrons. The van der Waals surface area contributed by atoms with E-state index in [0.717, 1.165) is 24.9 Å². The lowest BCUT2D eigenvalue weighted by atomic mass is 9.98. The van der Waals surface area contributed by atoms with Gasteiger partial charge in [0.1, 0.15) is 5.82 Å². The van der Waals surface area contributed by atoms with Gasteiger partial charge < -0.3 is 10.2 Å². The lowest BCUT2D eigenvalue weighted by molar-refractivity contribution is -0.138. The fourth-order valence-corrected chi connectivity index (χ4v) is 2.82. The van der Waals surface area contributed by atoms with E-state index in [1.54, 1.807) is 6.07 Å². The highest BCUT2D eigenvalue weighted by molar-refractivity contribution is 5.79. The van der Waals surface area contributed by atoms with Crippen molar-refractivity contribution in [2.45, 2.75) is 32.7 Å². The number of benzene rings is 1. The molecule has 2 rings (SSSR count). The molecule has 1 aliphatic heterocycles. The summed E-state index contributed by atoms with van der Waals surface area (Å²) in [5.41, 5.74) is 0.870. The molecule has 1 heterocycles. The minimum absolute atomic E-state index is 0.0363. The highest BCUT2D eigenvalue weighted by Gasteiger charge is 2.30. The Morgan fingerprint density at radius 1 is 1.55 bits per heavy atom. The van der Waals surface area contributed by atoms with Gasteiger partial charge in [-0.25, -0.2) is 4.39 Å². The largest absolute Gasteiger partial charge is 0.333 e. The number of amides is 1. The molecule has 0 aromatic heterocycles. The van der Waals surface area contributed by atoms with Gasteiger partial charge in [-0.05, 0) is 24.1 Å². The first-order chi connectivity index (χ1) is 9.63. The Labute approximate surface area is 120 Å². The summed E-state index contributed by atoms with van der Waals surface area (Å²) >= 11 is 0. The van der Waals surface area contributed by atoms with Crippen LogP contribution in [0.5, 0.6) is 0 Å². The number of rotatable bonds is 4. The second-order valence-electron chi connectivity index (χ2n) is 5.50. The van der Waals surface area contributed by atoms with E-state index >= 15 is 0 Å². The summed E-state index contributed by atoms with van der Waals surface area (Å²) in [4.78, 5) is 14.5. The molecule has 2 atom stereocenters. The smallest absolute Gasteiger partial charge is 0.226 e. The van der Waals surface area contributed by atoms with E-state index in [0.29, 0.717) is 13.1 Å². The Kier molecular flexibility index (Phi) is 5.12. The first-order valence-corrected chi connectivity index (χ1v) is 7.40. The summed E-state index contributed by atoms with van der Waals surface area (Å²) in [5, 5.41) is 3.29. The van der Waals surface area contributed by atoms with Gasteiger partial charge in [0.2, 0.25) is 5.91 Å². The van der Waals surface area contributed by atoms with Crippen molar-refractivity contribution < 1.29 is 9.18 Å². The topological polar surface area (TPSA) is 32.3 Å². The summed E-state index contributed by atoms with van der Waals surface area (Å²) in [5.74, 6) is -0.0288. The van der Waals surface area contributed by atoms with E-state index in [2.05, 4.69) is 12.2 Å². The van der Waals surface area contributed by atoms with Crippen LogP contribution in [0.25, 0.3) is 0 Å². The van der Waals surface area contributed by atoms with Gasteiger partial charge in [0, 0.05) is 25.6 Å². The van der Waals surface area contributed by atoms with Crippen molar-refractivity contribution >= 4 is 5.91 Å². The molecule has 1 N–H and O–H groups in total. The van der Waals surface area contributed by atoms with Gasteiger partial charge in [-0.3, -0.25) is 4.79 Å². The maximum atomic E-state index is 13.4. The van der Waals surface area contributed by atoms with Crippen LogP contribution in [-0.2, 0) is 4.79 Å². The third-order valence-corrected chi connectivity index (χ3v) is 3.90. The van der Waals surface area contributed by atoms with Crippen LogP contribution in [-0.4, -0.2) is 30.4 Å². The van der Waals surface area contributed by atoms with Crippen LogP contribution in [0.4, 0.5) is 4.39 Å². The normalized spacial score (nSPS) is 20.8. The molecule has 20 heavy (non-hydrogen) atoms. The van der Waals surface area contributed by atoms with Crippen molar-refractivity contribution in [2.24, 2.45) is 5.92 Å². The van der Waals surface area contributed by atoms with E-state index < -0.39 is 0 Å². The van der Waals surface area contributed by atoms with Gasteiger partial charge in [0.25, 0.3) is 0 Å². The number of halogens is 1. The lowest BCUT2D eigenvalue weighted by Crippen LogP contribution is -2.50. The highest BCUT2D eigenvalue weighted by Crippen LogP contribution is 2.25. The second-order valence-corrected chi connectivity index (χ2v) is 5.50. The lowest BCUT2D eigenvalue weighted by Gasteiger charge is -2.38. The molecule has 4 heteroatoms. The molecule has 1 aliphatic rings. The fourth-order valence-electron chi connectivity index (χ4n) is 2.82. The Hall–Kier alpha value is -1.42. The molecular formula is C16H23FN2O. The van der Waals surface area contributed by atoms with E-state index in [1.807, 2.05) is 17.9 Å². The SMILES string of the molecule is CCCC(C)C(=O)N1CCNCC1c1cccc(F)c1. The summed E-state index contributed by atoms with van der Waals surface area (Å²) < 4.78 is 13.4. The molecule has 110 valence electrons. The van der Waals surface area contributed by atoms with Crippen LogP contribution in [0.2, 0.25) is 0 Å². The first-order valence-electron chi connectivity index (χ1n) is 7.40. The average Bonchev–Trinajstić information content (AvgIpc) is 2.47. The summed E-state index contributed by atoms with van der Waals surface area (Å²) in [6, 6.07) is 6.50. The number of carbonyl (C=O) groups excluding carboxylic acids is 1. The molecule has 1 aromatic rings. The number of hydrogen-bond acceptors (Lipinski definition) is 2. The number of piperazine rings is 1. The number of nitrogens with zero attached hydrogens (tertiary/aromatic N) is 1. The minimum Gasteiger partial charge on any atom is -0.333 e. The predicted octanol–water partition coefficient (Wildman–Crippen LogP) is 2.73. The van der Waals surface area contributed by atoms with Crippen molar-refractivity contribution in [3.8, 4) is 0 Å². The average molecular weight is 278 g/mol. The van der Waals surface area contributed by atoms with Gasteiger partial charge in [-0.15, -0.1) is 0 Å². The fraction of sp³-hybridized carbons (Fsp3) is 0.562. The van der Waals surface area contributed by atoms with Crippen molar-refractivity contribution in [1.82, 2.24) is 10.2 Å². The number of hydrogen-bond donors (Lipinski definition) is 1.